The summed E-state index contributed by atoms with van der Waals surface area (Å²) in [6, 6.07) is 24.3. The van der Waals surface area contributed by atoms with E-state index >= 15 is 0 Å². The highest BCUT2D eigenvalue weighted by Gasteiger charge is 2.24. The first-order valence-electron chi connectivity index (χ1n) is 11.3. The van der Waals surface area contributed by atoms with Crippen LogP contribution in [0.1, 0.15) is 36.4 Å². The lowest BCUT2D eigenvalue weighted by atomic mass is 9.97. The second-order valence-corrected chi connectivity index (χ2v) is 10.7. The number of fused-ring (bicyclic) bond motifs is 1. The summed E-state index contributed by atoms with van der Waals surface area (Å²) in [6.07, 6.45) is 6.50. The van der Waals surface area contributed by atoms with Crippen LogP contribution in [0.5, 0.6) is 0 Å². The number of benzene rings is 3. The predicted molar refractivity (Wildman–Crippen MR) is 131 cm³/mol. The summed E-state index contributed by atoms with van der Waals surface area (Å²) in [5, 5.41) is 3.40. The summed E-state index contributed by atoms with van der Waals surface area (Å²) >= 11 is 0. The molecule has 1 saturated heterocycles. The van der Waals surface area contributed by atoms with Gasteiger partial charge in [0.1, 0.15) is 5.58 Å². The van der Waals surface area contributed by atoms with Crippen LogP contribution in [0, 0.1) is 0 Å². The van der Waals surface area contributed by atoms with Gasteiger partial charge in [0, 0.05) is 36.3 Å². The molecule has 0 bridgehead atoms. The maximum absolute atomic E-state index is 11.8. The highest BCUT2D eigenvalue weighted by atomic mass is 32.2. The van der Waals surface area contributed by atoms with Crippen molar-refractivity contribution in [2.75, 3.05) is 12.8 Å². The van der Waals surface area contributed by atoms with Crippen molar-refractivity contribution >= 4 is 20.8 Å². The molecule has 0 aliphatic carbocycles. The van der Waals surface area contributed by atoms with Crippen LogP contribution in [-0.2, 0) is 16.4 Å². The summed E-state index contributed by atoms with van der Waals surface area (Å²) in [6.45, 7) is 1.66. The smallest absolute Gasteiger partial charge is 0.175 e. The maximum Gasteiger partial charge on any atom is 0.175 e. The van der Waals surface area contributed by atoms with Crippen molar-refractivity contribution < 1.29 is 12.8 Å². The van der Waals surface area contributed by atoms with Gasteiger partial charge in [0.25, 0.3) is 0 Å². The molecule has 6 heteroatoms. The van der Waals surface area contributed by atoms with Gasteiger partial charge < -0.3 is 4.42 Å². The molecule has 0 spiro atoms. The molecule has 33 heavy (non-hydrogen) atoms. The van der Waals surface area contributed by atoms with E-state index in [9.17, 15) is 8.42 Å². The fourth-order valence-electron chi connectivity index (χ4n) is 4.68. The zero-order valence-corrected chi connectivity index (χ0v) is 19.5. The van der Waals surface area contributed by atoms with Gasteiger partial charge in [0.15, 0.2) is 9.84 Å². The SMILES string of the molecule is CS(=O)(=O)c1ccc(-c2cc(CNN3CCCCC3c3ccccc3)c3occc3c2)cc1. The van der Waals surface area contributed by atoms with Crippen LogP contribution in [0.25, 0.3) is 22.1 Å². The first-order valence-corrected chi connectivity index (χ1v) is 13.2. The lowest BCUT2D eigenvalue weighted by Crippen LogP contribution is -2.43. The van der Waals surface area contributed by atoms with Gasteiger partial charge in [-0.25, -0.2) is 13.4 Å². The van der Waals surface area contributed by atoms with Gasteiger partial charge >= 0.3 is 0 Å². The number of hydrogen-bond acceptors (Lipinski definition) is 5. The minimum atomic E-state index is -3.22. The Morgan fingerprint density at radius 2 is 1.76 bits per heavy atom. The van der Waals surface area contributed by atoms with Crippen molar-refractivity contribution in [1.82, 2.24) is 10.4 Å². The molecule has 1 unspecified atom stereocenters. The van der Waals surface area contributed by atoms with E-state index in [1.807, 2.05) is 18.2 Å². The summed E-state index contributed by atoms with van der Waals surface area (Å²) < 4.78 is 29.4. The second-order valence-electron chi connectivity index (χ2n) is 8.72. The van der Waals surface area contributed by atoms with Crippen LogP contribution in [0.2, 0.25) is 0 Å². The van der Waals surface area contributed by atoms with Crippen molar-refractivity contribution in [3.05, 3.63) is 90.2 Å². The number of furan rings is 1. The molecular weight excluding hydrogens is 432 g/mol. The number of hydrogen-bond donors (Lipinski definition) is 1. The molecule has 4 aromatic rings. The molecule has 5 rings (SSSR count). The lowest BCUT2D eigenvalue weighted by Gasteiger charge is -2.36. The molecule has 1 aliphatic heterocycles. The first kappa shape index (κ1) is 21.9. The Morgan fingerprint density at radius 1 is 0.970 bits per heavy atom. The Hall–Kier alpha value is -2.93. The predicted octanol–water partition coefficient (Wildman–Crippen LogP) is 5.74. The summed E-state index contributed by atoms with van der Waals surface area (Å²) in [7, 11) is -3.22. The quantitative estimate of drug-likeness (QED) is 0.398. The molecule has 1 atom stereocenters. The normalized spacial score (nSPS) is 17.4. The molecule has 1 aliphatic rings. The second kappa shape index (κ2) is 9.14. The summed E-state index contributed by atoms with van der Waals surface area (Å²) in [5.41, 5.74) is 8.99. The number of piperidine rings is 1. The van der Waals surface area contributed by atoms with E-state index < -0.39 is 9.84 Å². The van der Waals surface area contributed by atoms with E-state index in [-0.39, 0.29) is 0 Å². The Morgan fingerprint density at radius 3 is 2.52 bits per heavy atom. The van der Waals surface area contributed by atoms with E-state index in [1.54, 1.807) is 18.4 Å². The average molecular weight is 461 g/mol. The fraction of sp³-hybridized carbons (Fsp3) is 0.259. The van der Waals surface area contributed by atoms with E-state index in [0.29, 0.717) is 17.5 Å². The molecule has 1 aromatic heterocycles. The lowest BCUT2D eigenvalue weighted by molar-refractivity contribution is 0.0826. The molecule has 2 heterocycles. The molecule has 170 valence electrons. The van der Waals surface area contributed by atoms with Gasteiger partial charge in [0.05, 0.1) is 11.2 Å². The van der Waals surface area contributed by atoms with Gasteiger partial charge in [-0.05, 0) is 59.9 Å². The molecule has 5 nitrogen and oxygen atoms in total. The Kier molecular flexibility index (Phi) is 6.06. The van der Waals surface area contributed by atoms with E-state index in [1.165, 1.54) is 24.7 Å². The van der Waals surface area contributed by atoms with Crippen LogP contribution in [0.4, 0.5) is 0 Å². The average Bonchev–Trinajstić information content (AvgIpc) is 3.32. The van der Waals surface area contributed by atoms with Crippen LogP contribution in [-0.4, -0.2) is 26.2 Å². The standard InChI is InChI=1S/C27H28N2O3S/c1-33(30,31)25-12-10-20(11-13-25)23-17-22-14-16-32-27(22)24(18-23)19-28-29-15-6-5-9-26(29)21-7-3-2-4-8-21/h2-4,7-8,10-14,16-18,26,28H,5-6,9,15,19H2,1H3. The Bertz CT molecular complexity index is 1350. The van der Waals surface area contributed by atoms with Crippen LogP contribution in [0.3, 0.4) is 0 Å². The third-order valence-corrected chi connectivity index (χ3v) is 7.53. The zero-order chi connectivity index (χ0) is 22.8. The van der Waals surface area contributed by atoms with Gasteiger partial charge in [-0.1, -0.05) is 48.9 Å². The van der Waals surface area contributed by atoms with Crippen molar-refractivity contribution in [3.8, 4) is 11.1 Å². The maximum atomic E-state index is 11.8. The van der Waals surface area contributed by atoms with Gasteiger partial charge in [0.2, 0.25) is 0 Å². The van der Waals surface area contributed by atoms with E-state index in [2.05, 4.69) is 52.9 Å². The third kappa shape index (κ3) is 4.74. The fourth-order valence-corrected chi connectivity index (χ4v) is 5.31. The Labute approximate surface area is 194 Å². The van der Waals surface area contributed by atoms with E-state index in [4.69, 9.17) is 4.42 Å². The van der Waals surface area contributed by atoms with Crippen molar-refractivity contribution in [1.29, 1.82) is 0 Å². The minimum Gasteiger partial charge on any atom is -0.464 e. The molecule has 0 radical (unpaired) electrons. The summed E-state index contributed by atoms with van der Waals surface area (Å²) in [5.74, 6) is 0. The zero-order valence-electron chi connectivity index (χ0n) is 18.7. The molecule has 1 N–H and O–H groups in total. The summed E-state index contributed by atoms with van der Waals surface area (Å²) in [4.78, 5) is 0.328. The van der Waals surface area contributed by atoms with Crippen LogP contribution < -0.4 is 5.43 Å². The van der Waals surface area contributed by atoms with Crippen LogP contribution >= 0.6 is 0 Å². The van der Waals surface area contributed by atoms with Gasteiger partial charge in [-0.15, -0.1) is 0 Å². The molecule has 0 amide bonds. The molecular formula is C27H28N2O3S. The number of sulfone groups is 1. The minimum absolute atomic E-state index is 0.328. The van der Waals surface area contributed by atoms with E-state index in [0.717, 1.165) is 40.6 Å². The first-order chi connectivity index (χ1) is 16.0. The van der Waals surface area contributed by atoms with Gasteiger partial charge in [-0.3, -0.25) is 5.43 Å². The monoisotopic (exact) mass is 460 g/mol. The largest absolute Gasteiger partial charge is 0.464 e. The highest BCUT2D eigenvalue weighted by Crippen LogP contribution is 2.32. The Balaban J connectivity index is 1.42. The van der Waals surface area contributed by atoms with Crippen molar-refractivity contribution in [3.63, 3.8) is 0 Å². The topological polar surface area (TPSA) is 62.6 Å². The van der Waals surface area contributed by atoms with Gasteiger partial charge in [-0.2, -0.15) is 0 Å². The number of hydrazine groups is 1. The van der Waals surface area contributed by atoms with Crippen molar-refractivity contribution in [2.24, 2.45) is 0 Å². The molecule has 3 aromatic carbocycles. The molecule has 1 fully saturated rings. The third-order valence-electron chi connectivity index (χ3n) is 6.40. The highest BCUT2D eigenvalue weighted by molar-refractivity contribution is 7.90. The number of nitrogens with zero attached hydrogens (tertiary/aromatic N) is 1. The van der Waals surface area contributed by atoms with Crippen LogP contribution in [0.15, 0.2) is 88.4 Å². The van der Waals surface area contributed by atoms with Crippen molar-refractivity contribution in [2.45, 2.75) is 36.7 Å². The number of nitrogens with one attached hydrogen (secondary N) is 1. The number of rotatable bonds is 6. The molecule has 0 saturated carbocycles.